The van der Waals surface area contributed by atoms with Gasteiger partial charge in [0.2, 0.25) is 5.91 Å². The lowest BCUT2D eigenvalue weighted by Gasteiger charge is -2.14. The van der Waals surface area contributed by atoms with Gasteiger partial charge in [-0.1, -0.05) is 36.4 Å². The molecule has 26 heavy (non-hydrogen) atoms. The highest BCUT2D eigenvalue weighted by atomic mass is 35.5. The van der Waals surface area contributed by atoms with Crippen molar-refractivity contribution < 1.29 is 19.1 Å². The number of ether oxygens (including phenoxy) is 1. The van der Waals surface area contributed by atoms with Gasteiger partial charge in [-0.05, 0) is 54.3 Å². The van der Waals surface area contributed by atoms with Crippen LogP contribution in [-0.4, -0.2) is 22.7 Å². The summed E-state index contributed by atoms with van der Waals surface area (Å²) >= 11 is 7.17. The topological polar surface area (TPSA) is 72.5 Å². The number of amides is 2. The lowest BCUT2D eigenvalue weighted by atomic mass is 10.00. The number of aldehydes is 1. The fourth-order valence-corrected chi connectivity index (χ4v) is 3.80. The predicted octanol–water partition coefficient (Wildman–Crippen LogP) is 4.40. The lowest BCUT2D eigenvalue weighted by molar-refractivity contribution is -0.118. The summed E-state index contributed by atoms with van der Waals surface area (Å²) in [7, 11) is 0. The van der Waals surface area contributed by atoms with Crippen LogP contribution in [0.25, 0.3) is 0 Å². The molecule has 1 N–H and O–H groups in total. The minimum absolute atomic E-state index is 0.246. The van der Waals surface area contributed by atoms with Gasteiger partial charge in [0.25, 0.3) is 5.24 Å². The second-order valence-electron chi connectivity index (χ2n) is 5.78. The van der Waals surface area contributed by atoms with Crippen molar-refractivity contribution in [3.8, 4) is 11.5 Å². The number of thioether (sulfide) groups is 1. The number of aryl methyl sites for hydroxylation is 1. The molecule has 1 saturated heterocycles. The average molecular weight is 390 g/mol. The lowest BCUT2D eigenvalue weighted by Crippen LogP contribution is -2.25. The first-order chi connectivity index (χ1) is 12.5. The van der Waals surface area contributed by atoms with Crippen LogP contribution < -0.4 is 10.1 Å². The van der Waals surface area contributed by atoms with E-state index in [9.17, 15) is 14.4 Å². The minimum atomic E-state index is -0.398. The molecule has 3 rings (SSSR count). The molecule has 7 heteroatoms. The molecule has 2 aromatic rings. The van der Waals surface area contributed by atoms with E-state index in [2.05, 4.69) is 5.32 Å². The zero-order chi connectivity index (χ0) is 18.7. The Hall–Kier alpha value is -2.31. The number of rotatable bonds is 6. The molecule has 0 aromatic heterocycles. The summed E-state index contributed by atoms with van der Waals surface area (Å²) < 4.78 is 5.83. The Morgan fingerprint density at radius 1 is 1.19 bits per heavy atom. The molecule has 2 amide bonds. The highest BCUT2D eigenvalue weighted by molar-refractivity contribution is 8.15. The van der Waals surface area contributed by atoms with Crippen LogP contribution in [0, 0.1) is 0 Å². The van der Waals surface area contributed by atoms with E-state index in [1.807, 2.05) is 19.1 Å². The van der Waals surface area contributed by atoms with Crippen molar-refractivity contribution in [1.82, 2.24) is 5.32 Å². The zero-order valence-corrected chi connectivity index (χ0v) is 15.5. The van der Waals surface area contributed by atoms with Gasteiger partial charge >= 0.3 is 0 Å². The summed E-state index contributed by atoms with van der Waals surface area (Å²) in [5.74, 6) is 0.832. The number of imide groups is 1. The molecule has 0 spiro atoms. The van der Waals surface area contributed by atoms with Crippen molar-refractivity contribution in [2.75, 3.05) is 0 Å². The Kier molecular flexibility index (Phi) is 5.64. The van der Waals surface area contributed by atoms with Crippen LogP contribution in [-0.2, 0) is 17.6 Å². The minimum Gasteiger partial charge on any atom is -0.456 e. The van der Waals surface area contributed by atoms with Crippen LogP contribution in [0.3, 0.4) is 0 Å². The molecule has 1 atom stereocenters. The van der Waals surface area contributed by atoms with Crippen molar-refractivity contribution in [1.29, 1.82) is 0 Å². The Labute approximate surface area is 160 Å². The number of hydrogen-bond acceptors (Lipinski definition) is 5. The molecule has 1 unspecified atom stereocenters. The molecule has 1 aliphatic rings. The zero-order valence-electron chi connectivity index (χ0n) is 14.0. The molecule has 2 aromatic carbocycles. The summed E-state index contributed by atoms with van der Waals surface area (Å²) in [4.78, 5) is 33.9. The van der Waals surface area contributed by atoms with Crippen LogP contribution in [0.1, 0.15) is 28.4 Å². The van der Waals surface area contributed by atoms with E-state index >= 15 is 0 Å². The smallest absolute Gasteiger partial charge is 0.286 e. The molecule has 0 saturated carbocycles. The quantitative estimate of drug-likeness (QED) is 0.741. The van der Waals surface area contributed by atoms with Crippen molar-refractivity contribution >= 4 is 40.8 Å². The molecule has 0 bridgehead atoms. The molecule has 134 valence electrons. The van der Waals surface area contributed by atoms with Crippen LogP contribution in [0.2, 0.25) is 5.02 Å². The second kappa shape index (κ2) is 7.93. The predicted molar refractivity (Wildman–Crippen MR) is 101 cm³/mol. The molecule has 0 aliphatic carbocycles. The normalized spacial score (nSPS) is 16.5. The van der Waals surface area contributed by atoms with Crippen LogP contribution in [0.4, 0.5) is 4.79 Å². The number of carbonyl (C=O) groups excluding carboxylic acids is 3. The fourth-order valence-electron chi connectivity index (χ4n) is 2.72. The number of carbonyl (C=O) groups is 3. The van der Waals surface area contributed by atoms with Gasteiger partial charge in [-0.25, -0.2) is 0 Å². The van der Waals surface area contributed by atoms with Gasteiger partial charge < -0.3 is 4.74 Å². The van der Waals surface area contributed by atoms with Crippen molar-refractivity contribution in [2.45, 2.75) is 25.0 Å². The third kappa shape index (κ3) is 4.08. The van der Waals surface area contributed by atoms with E-state index in [1.165, 1.54) is 0 Å². The molecule has 1 aliphatic heterocycles. The van der Waals surface area contributed by atoms with Crippen molar-refractivity contribution in [3.05, 3.63) is 58.1 Å². The summed E-state index contributed by atoms with van der Waals surface area (Å²) in [6.45, 7) is 2.02. The van der Waals surface area contributed by atoms with E-state index in [1.54, 1.807) is 24.3 Å². The summed E-state index contributed by atoms with van der Waals surface area (Å²) in [6, 6.07) is 10.4. The molecule has 1 fully saturated rings. The highest BCUT2D eigenvalue weighted by Gasteiger charge is 2.31. The van der Waals surface area contributed by atoms with Gasteiger partial charge in [-0.15, -0.1) is 0 Å². The molecular formula is C19H16ClNO4S. The van der Waals surface area contributed by atoms with E-state index in [0.717, 1.165) is 35.6 Å². The van der Waals surface area contributed by atoms with E-state index in [4.69, 9.17) is 16.3 Å². The number of benzene rings is 2. The first-order valence-corrected chi connectivity index (χ1v) is 9.31. The highest BCUT2D eigenvalue weighted by Crippen LogP contribution is 2.32. The Morgan fingerprint density at radius 2 is 2.00 bits per heavy atom. The van der Waals surface area contributed by atoms with Gasteiger partial charge in [-0.3, -0.25) is 19.7 Å². The summed E-state index contributed by atoms with van der Waals surface area (Å²) in [6.07, 6.45) is 1.97. The SMILES string of the molecule is CCc1cc(Oc2ccc(C=O)cc2Cl)ccc1CC1SC(=O)NC1=O. The van der Waals surface area contributed by atoms with Gasteiger partial charge in [0.15, 0.2) is 0 Å². The largest absolute Gasteiger partial charge is 0.456 e. The molecule has 5 nitrogen and oxygen atoms in total. The van der Waals surface area contributed by atoms with Crippen molar-refractivity contribution in [2.24, 2.45) is 0 Å². The summed E-state index contributed by atoms with van der Waals surface area (Å²) in [5.41, 5.74) is 2.52. The third-order valence-corrected chi connectivity index (χ3v) is 5.33. The third-order valence-electron chi connectivity index (χ3n) is 4.05. The molecule has 0 radical (unpaired) electrons. The Bertz CT molecular complexity index is 884. The monoisotopic (exact) mass is 389 g/mol. The second-order valence-corrected chi connectivity index (χ2v) is 7.36. The van der Waals surface area contributed by atoms with Crippen molar-refractivity contribution in [3.63, 3.8) is 0 Å². The number of nitrogens with one attached hydrogen (secondary N) is 1. The maximum atomic E-state index is 11.8. The number of halogens is 1. The van der Waals surface area contributed by atoms with E-state index < -0.39 is 5.25 Å². The van der Waals surface area contributed by atoms with Crippen LogP contribution >= 0.6 is 23.4 Å². The first kappa shape index (κ1) is 18.5. The van der Waals surface area contributed by atoms with Gasteiger partial charge in [-0.2, -0.15) is 0 Å². The molecule has 1 heterocycles. The maximum Gasteiger partial charge on any atom is 0.286 e. The molecular weight excluding hydrogens is 374 g/mol. The van der Waals surface area contributed by atoms with Gasteiger partial charge in [0.05, 0.1) is 10.3 Å². The Morgan fingerprint density at radius 3 is 2.62 bits per heavy atom. The van der Waals surface area contributed by atoms with Gasteiger partial charge in [0, 0.05) is 5.56 Å². The summed E-state index contributed by atoms with van der Waals surface area (Å²) in [5, 5.41) is 1.96. The maximum absolute atomic E-state index is 11.8. The standard InChI is InChI=1S/C19H16ClNO4S/c1-2-12-8-14(25-16-6-3-11(10-22)7-15(16)20)5-4-13(12)9-17-18(23)21-19(24)26-17/h3-8,10,17H,2,9H2,1H3,(H,21,23,24). The van der Waals surface area contributed by atoms with E-state index in [0.29, 0.717) is 28.5 Å². The number of hydrogen-bond donors (Lipinski definition) is 1. The van der Waals surface area contributed by atoms with Gasteiger partial charge in [0.1, 0.15) is 17.8 Å². The fraction of sp³-hybridized carbons (Fsp3) is 0.211. The Balaban J connectivity index is 1.79. The van der Waals surface area contributed by atoms with Crippen LogP contribution in [0.15, 0.2) is 36.4 Å². The van der Waals surface area contributed by atoms with Crippen LogP contribution in [0.5, 0.6) is 11.5 Å². The average Bonchev–Trinajstić information content (AvgIpc) is 2.95. The first-order valence-electron chi connectivity index (χ1n) is 8.06. The van der Waals surface area contributed by atoms with E-state index in [-0.39, 0.29) is 11.1 Å².